The molecule has 0 radical (unpaired) electrons. The summed E-state index contributed by atoms with van der Waals surface area (Å²) in [6.45, 7) is 5.54. The minimum Gasteiger partial charge on any atom is -0.398 e. The van der Waals surface area contributed by atoms with Crippen molar-refractivity contribution in [1.29, 1.82) is 0 Å². The minimum absolute atomic E-state index is 0.692. The Balaban J connectivity index is 1.93. The number of fused-ring (bicyclic) bond motifs is 1. The molecule has 0 saturated heterocycles. The van der Waals surface area contributed by atoms with Crippen molar-refractivity contribution >= 4 is 11.6 Å². The van der Waals surface area contributed by atoms with Gasteiger partial charge in [0.15, 0.2) is 0 Å². The topological polar surface area (TPSA) is 67.9 Å². The number of nitrogens with zero attached hydrogens (tertiary/aromatic N) is 4. The van der Waals surface area contributed by atoms with E-state index in [1.165, 1.54) is 11.1 Å². The molecule has 2 heterocycles. The van der Waals surface area contributed by atoms with Gasteiger partial charge < -0.3 is 10.6 Å². The third-order valence-electron chi connectivity index (χ3n) is 3.67. The van der Waals surface area contributed by atoms with Crippen molar-refractivity contribution in [1.82, 2.24) is 15.2 Å². The van der Waals surface area contributed by atoms with Crippen LogP contribution in [-0.2, 0) is 13.0 Å². The Bertz CT molecular complexity index is 623. The molecular formula is C14H17N5. The molecule has 1 aromatic carbocycles. The predicted molar refractivity (Wildman–Crippen MR) is 74.9 cm³/mol. The van der Waals surface area contributed by atoms with Crippen LogP contribution in [0.1, 0.15) is 22.5 Å². The highest BCUT2D eigenvalue weighted by Gasteiger charge is 2.20. The summed E-state index contributed by atoms with van der Waals surface area (Å²) in [7, 11) is 0. The lowest BCUT2D eigenvalue weighted by atomic mass is 9.98. The normalized spacial score (nSPS) is 14.3. The van der Waals surface area contributed by atoms with Crippen molar-refractivity contribution < 1.29 is 0 Å². The zero-order chi connectivity index (χ0) is 13.4. The number of benzene rings is 1. The van der Waals surface area contributed by atoms with Crippen molar-refractivity contribution in [2.75, 3.05) is 17.2 Å². The zero-order valence-corrected chi connectivity index (χ0v) is 11.2. The summed E-state index contributed by atoms with van der Waals surface area (Å²) in [4.78, 5) is 6.65. The predicted octanol–water partition coefficient (Wildman–Crippen LogP) is 1.63. The summed E-state index contributed by atoms with van der Waals surface area (Å²) in [5.74, 6) is 0.692. The van der Waals surface area contributed by atoms with E-state index in [4.69, 9.17) is 5.73 Å². The van der Waals surface area contributed by atoms with Gasteiger partial charge in [-0.15, -0.1) is 5.10 Å². The van der Waals surface area contributed by atoms with Crippen LogP contribution in [0.15, 0.2) is 18.2 Å². The molecule has 2 aromatic rings. The van der Waals surface area contributed by atoms with Gasteiger partial charge in [0.05, 0.1) is 11.4 Å². The highest BCUT2D eigenvalue weighted by Crippen LogP contribution is 2.26. The lowest BCUT2D eigenvalue weighted by molar-refractivity contribution is 0.692. The van der Waals surface area contributed by atoms with Gasteiger partial charge in [-0.05, 0) is 37.5 Å². The molecule has 0 unspecified atom stereocenters. The van der Waals surface area contributed by atoms with E-state index in [-0.39, 0.29) is 0 Å². The van der Waals surface area contributed by atoms with E-state index in [0.717, 1.165) is 36.6 Å². The van der Waals surface area contributed by atoms with Crippen LogP contribution < -0.4 is 10.6 Å². The van der Waals surface area contributed by atoms with Crippen molar-refractivity contribution in [3.05, 3.63) is 40.7 Å². The van der Waals surface area contributed by atoms with Gasteiger partial charge in [0, 0.05) is 18.8 Å². The lowest BCUT2D eigenvalue weighted by Crippen LogP contribution is -2.32. The number of hydrogen-bond donors (Lipinski definition) is 1. The third-order valence-corrected chi connectivity index (χ3v) is 3.67. The molecule has 1 aliphatic heterocycles. The number of rotatable bonds is 1. The SMILES string of the molecule is Cc1nnc(N2CCc3cccc(N)c3C2)nc1C. The van der Waals surface area contributed by atoms with Crippen LogP contribution in [-0.4, -0.2) is 21.7 Å². The van der Waals surface area contributed by atoms with Gasteiger partial charge in [-0.25, -0.2) is 4.98 Å². The molecule has 0 spiro atoms. The van der Waals surface area contributed by atoms with E-state index in [1.807, 2.05) is 26.0 Å². The summed E-state index contributed by atoms with van der Waals surface area (Å²) in [6.07, 6.45) is 0.969. The molecule has 0 amide bonds. The fraction of sp³-hybridized carbons (Fsp3) is 0.357. The summed E-state index contributed by atoms with van der Waals surface area (Å²) in [5, 5.41) is 8.34. The second-order valence-electron chi connectivity index (χ2n) is 4.94. The average molecular weight is 255 g/mol. The minimum atomic E-state index is 0.692. The number of hydrogen-bond acceptors (Lipinski definition) is 5. The van der Waals surface area contributed by atoms with Gasteiger partial charge in [-0.3, -0.25) is 0 Å². The molecule has 3 rings (SSSR count). The van der Waals surface area contributed by atoms with Gasteiger partial charge in [-0.1, -0.05) is 12.1 Å². The quantitative estimate of drug-likeness (QED) is 0.784. The molecule has 0 bridgehead atoms. The molecule has 98 valence electrons. The molecule has 1 aromatic heterocycles. The average Bonchev–Trinajstić information content (AvgIpc) is 2.42. The summed E-state index contributed by atoms with van der Waals surface area (Å²) in [6, 6.07) is 6.10. The van der Waals surface area contributed by atoms with Crippen molar-refractivity contribution in [3.8, 4) is 0 Å². The smallest absolute Gasteiger partial charge is 0.245 e. The molecule has 5 nitrogen and oxygen atoms in total. The summed E-state index contributed by atoms with van der Waals surface area (Å²) in [5.41, 5.74) is 11.2. The maximum atomic E-state index is 6.05. The number of aryl methyl sites for hydroxylation is 2. The Morgan fingerprint density at radius 3 is 2.79 bits per heavy atom. The lowest BCUT2D eigenvalue weighted by Gasteiger charge is -2.29. The highest BCUT2D eigenvalue weighted by molar-refractivity contribution is 5.54. The van der Waals surface area contributed by atoms with E-state index in [0.29, 0.717) is 5.95 Å². The van der Waals surface area contributed by atoms with E-state index in [2.05, 4.69) is 26.1 Å². The first-order chi connectivity index (χ1) is 9.15. The first kappa shape index (κ1) is 11.9. The maximum absolute atomic E-state index is 6.05. The standard InChI is InChI=1S/C14H17N5/c1-9-10(2)17-18-14(16-9)19-7-6-11-4-3-5-13(15)12(11)8-19/h3-5H,6-8,15H2,1-2H3. The maximum Gasteiger partial charge on any atom is 0.245 e. The number of nitrogens with two attached hydrogens (primary N) is 1. The van der Waals surface area contributed by atoms with Crippen LogP contribution in [0.5, 0.6) is 0 Å². The number of nitrogen functional groups attached to an aromatic ring is 1. The fourth-order valence-corrected chi connectivity index (χ4v) is 2.36. The molecule has 0 aliphatic carbocycles. The Morgan fingerprint density at radius 1 is 1.16 bits per heavy atom. The Hall–Kier alpha value is -2.17. The molecule has 0 atom stereocenters. The number of aromatic nitrogens is 3. The van der Waals surface area contributed by atoms with Crippen molar-refractivity contribution in [2.24, 2.45) is 0 Å². The van der Waals surface area contributed by atoms with Gasteiger partial charge in [0.2, 0.25) is 5.95 Å². The van der Waals surface area contributed by atoms with E-state index in [1.54, 1.807) is 0 Å². The molecule has 19 heavy (non-hydrogen) atoms. The summed E-state index contributed by atoms with van der Waals surface area (Å²) < 4.78 is 0. The van der Waals surface area contributed by atoms with Crippen molar-refractivity contribution in [3.63, 3.8) is 0 Å². The van der Waals surface area contributed by atoms with Gasteiger partial charge >= 0.3 is 0 Å². The Kier molecular flexibility index (Phi) is 2.81. The molecule has 5 heteroatoms. The van der Waals surface area contributed by atoms with Crippen LogP contribution >= 0.6 is 0 Å². The van der Waals surface area contributed by atoms with Crippen LogP contribution in [0.4, 0.5) is 11.6 Å². The molecular weight excluding hydrogens is 238 g/mol. The van der Waals surface area contributed by atoms with Crippen LogP contribution in [0.3, 0.4) is 0 Å². The summed E-state index contributed by atoms with van der Waals surface area (Å²) >= 11 is 0. The van der Waals surface area contributed by atoms with Crippen LogP contribution in [0, 0.1) is 13.8 Å². The second-order valence-corrected chi connectivity index (χ2v) is 4.94. The Labute approximate surface area is 112 Å². The highest BCUT2D eigenvalue weighted by atomic mass is 15.3. The largest absolute Gasteiger partial charge is 0.398 e. The Morgan fingerprint density at radius 2 is 2.00 bits per heavy atom. The first-order valence-corrected chi connectivity index (χ1v) is 6.44. The van der Waals surface area contributed by atoms with E-state index in [9.17, 15) is 0 Å². The van der Waals surface area contributed by atoms with E-state index >= 15 is 0 Å². The van der Waals surface area contributed by atoms with Gasteiger partial charge in [0.1, 0.15) is 0 Å². The van der Waals surface area contributed by atoms with Crippen LogP contribution in [0.2, 0.25) is 0 Å². The molecule has 2 N–H and O–H groups in total. The number of anilines is 2. The first-order valence-electron chi connectivity index (χ1n) is 6.44. The monoisotopic (exact) mass is 255 g/mol. The van der Waals surface area contributed by atoms with E-state index < -0.39 is 0 Å². The molecule has 1 aliphatic rings. The van der Waals surface area contributed by atoms with Crippen molar-refractivity contribution in [2.45, 2.75) is 26.8 Å². The second kappa shape index (κ2) is 4.50. The van der Waals surface area contributed by atoms with Gasteiger partial charge in [0.25, 0.3) is 0 Å². The molecule has 0 fully saturated rings. The van der Waals surface area contributed by atoms with Gasteiger partial charge in [-0.2, -0.15) is 5.10 Å². The zero-order valence-electron chi connectivity index (χ0n) is 11.2. The molecule has 0 saturated carbocycles. The van der Waals surface area contributed by atoms with Crippen LogP contribution in [0.25, 0.3) is 0 Å². The fourth-order valence-electron chi connectivity index (χ4n) is 2.36. The third kappa shape index (κ3) is 2.12.